The summed E-state index contributed by atoms with van der Waals surface area (Å²) in [4.78, 5) is 11.4. The molecule has 2 nitrogen and oxygen atoms in total. The fourth-order valence-electron chi connectivity index (χ4n) is 3.00. The summed E-state index contributed by atoms with van der Waals surface area (Å²) in [5.41, 5.74) is 1.37. The third-order valence-corrected chi connectivity index (χ3v) is 5.68. The van der Waals surface area contributed by atoms with Gasteiger partial charge in [0, 0.05) is 5.25 Å². The monoisotopic (exact) mass is 292 g/mol. The van der Waals surface area contributed by atoms with Crippen molar-refractivity contribution in [3.63, 3.8) is 0 Å². The maximum Gasteiger partial charge on any atom is 0.307 e. The Morgan fingerprint density at radius 1 is 1.30 bits per heavy atom. The van der Waals surface area contributed by atoms with Gasteiger partial charge >= 0.3 is 5.97 Å². The summed E-state index contributed by atoms with van der Waals surface area (Å²) in [5.74, 6) is 0.861. The molecule has 0 radical (unpaired) electrons. The lowest BCUT2D eigenvalue weighted by Gasteiger charge is -2.34. The molecule has 0 aliphatic heterocycles. The predicted molar refractivity (Wildman–Crippen MR) is 85.3 cm³/mol. The Labute approximate surface area is 126 Å². The van der Waals surface area contributed by atoms with Crippen LogP contribution in [0.1, 0.15) is 50.5 Å². The molecule has 0 bridgehead atoms. The SMILES string of the molecule is CCCCSC1CC(c2ccccc2)CCC1C(=O)O. The number of benzene rings is 1. The Hall–Kier alpha value is -0.960. The van der Waals surface area contributed by atoms with Gasteiger partial charge in [0.2, 0.25) is 0 Å². The van der Waals surface area contributed by atoms with Gasteiger partial charge in [0.05, 0.1) is 5.92 Å². The molecule has 1 aromatic rings. The highest BCUT2D eigenvalue weighted by atomic mass is 32.2. The zero-order chi connectivity index (χ0) is 14.4. The quantitative estimate of drug-likeness (QED) is 0.781. The van der Waals surface area contributed by atoms with Crippen LogP contribution in [0, 0.1) is 5.92 Å². The Morgan fingerprint density at radius 3 is 2.70 bits per heavy atom. The smallest absolute Gasteiger partial charge is 0.307 e. The van der Waals surface area contributed by atoms with Gasteiger partial charge in [-0.2, -0.15) is 11.8 Å². The van der Waals surface area contributed by atoms with Crippen LogP contribution in [0.4, 0.5) is 0 Å². The van der Waals surface area contributed by atoms with Crippen LogP contribution in [0.3, 0.4) is 0 Å². The van der Waals surface area contributed by atoms with Gasteiger partial charge in [0.25, 0.3) is 0 Å². The van der Waals surface area contributed by atoms with Crippen molar-refractivity contribution < 1.29 is 9.90 Å². The van der Waals surface area contributed by atoms with E-state index >= 15 is 0 Å². The first-order chi connectivity index (χ1) is 9.72. The molecule has 1 aromatic carbocycles. The first kappa shape index (κ1) is 15.4. The van der Waals surface area contributed by atoms with Gasteiger partial charge in [0.1, 0.15) is 0 Å². The van der Waals surface area contributed by atoms with E-state index < -0.39 is 5.97 Å². The highest BCUT2D eigenvalue weighted by Gasteiger charge is 2.35. The molecule has 3 unspecified atom stereocenters. The van der Waals surface area contributed by atoms with Gasteiger partial charge in [-0.25, -0.2) is 0 Å². The van der Waals surface area contributed by atoms with Crippen LogP contribution in [0.5, 0.6) is 0 Å². The molecule has 2 rings (SSSR count). The van der Waals surface area contributed by atoms with Crippen LogP contribution in [-0.4, -0.2) is 22.1 Å². The minimum absolute atomic E-state index is 0.156. The van der Waals surface area contributed by atoms with E-state index in [0.29, 0.717) is 5.92 Å². The second-order valence-corrected chi connectivity index (χ2v) is 6.98. The fraction of sp³-hybridized carbons (Fsp3) is 0.588. The second kappa shape index (κ2) is 7.72. The molecule has 20 heavy (non-hydrogen) atoms. The van der Waals surface area contributed by atoms with Crippen molar-refractivity contribution in [3.05, 3.63) is 35.9 Å². The molecule has 1 fully saturated rings. The van der Waals surface area contributed by atoms with E-state index in [0.717, 1.165) is 25.0 Å². The van der Waals surface area contributed by atoms with Gasteiger partial charge in [-0.3, -0.25) is 4.79 Å². The Kier molecular flexibility index (Phi) is 5.96. The molecule has 0 amide bonds. The molecular weight excluding hydrogens is 268 g/mol. The number of hydrogen-bond acceptors (Lipinski definition) is 2. The topological polar surface area (TPSA) is 37.3 Å². The zero-order valence-corrected chi connectivity index (χ0v) is 12.9. The van der Waals surface area contributed by atoms with Gasteiger partial charge in [-0.05, 0) is 42.9 Å². The number of aliphatic carboxylic acids is 1. The third kappa shape index (κ3) is 4.02. The molecule has 1 aliphatic rings. The van der Waals surface area contributed by atoms with Gasteiger partial charge < -0.3 is 5.11 Å². The van der Waals surface area contributed by atoms with E-state index in [2.05, 4.69) is 31.2 Å². The minimum Gasteiger partial charge on any atom is -0.481 e. The molecule has 3 atom stereocenters. The molecule has 0 heterocycles. The van der Waals surface area contributed by atoms with Crippen LogP contribution < -0.4 is 0 Å². The lowest BCUT2D eigenvalue weighted by molar-refractivity contribution is -0.142. The fourth-order valence-corrected chi connectivity index (χ4v) is 4.61. The summed E-state index contributed by atoms with van der Waals surface area (Å²) in [6.07, 6.45) is 5.20. The van der Waals surface area contributed by atoms with Crippen molar-refractivity contribution in [3.8, 4) is 0 Å². The summed E-state index contributed by atoms with van der Waals surface area (Å²) in [6.45, 7) is 2.18. The standard InChI is InChI=1S/C17H24O2S/c1-2-3-11-20-16-12-14(9-10-15(16)17(18)19)13-7-5-4-6-8-13/h4-8,14-16H,2-3,9-12H2,1H3,(H,18,19). The normalized spacial score (nSPS) is 26.4. The highest BCUT2D eigenvalue weighted by molar-refractivity contribution is 7.99. The number of carbonyl (C=O) groups is 1. The second-order valence-electron chi connectivity index (χ2n) is 5.63. The summed E-state index contributed by atoms with van der Waals surface area (Å²) < 4.78 is 0. The van der Waals surface area contributed by atoms with Crippen molar-refractivity contribution >= 4 is 17.7 Å². The number of rotatable bonds is 6. The molecular formula is C17H24O2S. The zero-order valence-electron chi connectivity index (χ0n) is 12.1. The van der Waals surface area contributed by atoms with E-state index in [9.17, 15) is 9.90 Å². The summed E-state index contributed by atoms with van der Waals surface area (Å²) in [5, 5.41) is 9.68. The predicted octanol–water partition coefficient (Wildman–Crippen LogP) is 4.56. The van der Waals surface area contributed by atoms with Gasteiger partial charge in [-0.1, -0.05) is 43.7 Å². The molecule has 3 heteroatoms. The molecule has 110 valence electrons. The maximum atomic E-state index is 11.4. The van der Waals surface area contributed by atoms with Crippen molar-refractivity contribution in [1.82, 2.24) is 0 Å². The highest BCUT2D eigenvalue weighted by Crippen LogP contribution is 2.41. The van der Waals surface area contributed by atoms with Crippen LogP contribution in [0.25, 0.3) is 0 Å². The lowest BCUT2D eigenvalue weighted by Crippen LogP contribution is -2.32. The van der Waals surface area contributed by atoms with E-state index in [1.807, 2.05) is 17.8 Å². The van der Waals surface area contributed by atoms with Crippen LogP contribution in [-0.2, 0) is 4.79 Å². The Morgan fingerprint density at radius 2 is 2.05 bits per heavy atom. The van der Waals surface area contributed by atoms with Crippen LogP contribution in [0.15, 0.2) is 30.3 Å². The Bertz CT molecular complexity index is 418. The maximum absolute atomic E-state index is 11.4. The lowest BCUT2D eigenvalue weighted by atomic mass is 9.78. The van der Waals surface area contributed by atoms with Crippen molar-refractivity contribution in [2.45, 2.75) is 50.2 Å². The number of carboxylic acids is 1. The third-order valence-electron chi connectivity index (χ3n) is 4.21. The van der Waals surface area contributed by atoms with Crippen LogP contribution in [0.2, 0.25) is 0 Å². The Balaban J connectivity index is 2.01. The van der Waals surface area contributed by atoms with E-state index in [1.54, 1.807) is 0 Å². The molecule has 1 saturated carbocycles. The average Bonchev–Trinajstić information content (AvgIpc) is 2.48. The number of hydrogen-bond donors (Lipinski definition) is 1. The van der Waals surface area contributed by atoms with E-state index in [1.165, 1.54) is 18.4 Å². The van der Waals surface area contributed by atoms with Gasteiger partial charge in [0.15, 0.2) is 0 Å². The van der Waals surface area contributed by atoms with Crippen molar-refractivity contribution in [1.29, 1.82) is 0 Å². The number of thioether (sulfide) groups is 1. The summed E-state index contributed by atoms with van der Waals surface area (Å²) >= 11 is 1.88. The number of carboxylic acid groups (broad SMARTS) is 1. The molecule has 0 aromatic heterocycles. The van der Waals surface area contributed by atoms with Gasteiger partial charge in [-0.15, -0.1) is 0 Å². The molecule has 1 N–H and O–H groups in total. The number of unbranched alkanes of at least 4 members (excludes halogenated alkanes) is 1. The minimum atomic E-state index is -0.606. The van der Waals surface area contributed by atoms with Crippen molar-refractivity contribution in [2.75, 3.05) is 5.75 Å². The first-order valence-corrected chi connectivity index (χ1v) is 8.66. The van der Waals surface area contributed by atoms with Crippen LogP contribution >= 0.6 is 11.8 Å². The average molecular weight is 292 g/mol. The largest absolute Gasteiger partial charge is 0.481 e. The first-order valence-electron chi connectivity index (χ1n) is 7.61. The van der Waals surface area contributed by atoms with E-state index in [4.69, 9.17) is 0 Å². The molecule has 0 spiro atoms. The molecule has 0 saturated heterocycles. The van der Waals surface area contributed by atoms with E-state index in [-0.39, 0.29) is 11.2 Å². The summed E-state index contributed by atoms with van der Waals surface area (Å²) in [6, 6.07) is 10.6. The summed E-state index contributed by atoms with van der Waals surface area (Å²) in [7, 11) is 0. The van der Waals surface area contributed by atoms with Crippen molar-refractivity contribution in [2.24, 2.45) is 5.92 Å². The molecule has 1 aliphatic carbocycles.